The van der Waals surface area contributed by atoms with Crippen LogP contribution in [0.3, 0.4) is 0 Å². The molecule has 1 saturated heterocycles. The first-order valence-electron chi connectivity index (χ1n) is 6.03. The van der Waals surface area contributed by atoms with Gasteiger partial charge in [-0.25, -0.2) is 9.97 Å². The minimum atomic E-state index is 0.476. The van der Waals surface area contributed by atoms with Gasteiger partial charge in [0.25, 0.3) is 0 Å². The molecule has 4 heteroatoms. The smallest absolute Gasteiger partial charge is 0.148 e. The molecule has 0 radical (unpaired) electrons. The second kappa shape index (κ2) is 4.30. The summed E-state index contributed by atoms with van der Waals surface area (Å²) >= 11 is 0. The van der Waals surface area contributed by atoms with E-state index in [4.69, 9.17) is 0 Å². The van der Waals surface area contributed by atoms with E-state index in [9.17, 15) is 0 Å². The number of nitrogens with one attached hydrogen (secondary N) is 2. The van der Waals surface area contributed by atoms with Gasteiger partial charge in [-0.05, 0) is 32.0 Å². The topological polar surface area (TPSA) is 49.8 Å². The zero-order valence-electron chi connectivity index (χ0n) is 9.90. The van der Waals surface area contributed by atoms with Gasteiger partial charge in [0.1, 0.15) is 5.82 Å². The second-order valence-electron chi connectivity index (χ2n) is 4.48. The Morgan fingerprint density at radius 3 is 2.71 bits per heavy atom. The summed E-state index contributed by atoms with van der Waals surface area (Å²) in [5.41, 5.74) is 2.88. The highest BCUT2D eigenvalue weighted by Gasteiger charge is 2.16. The highest BCUT2D eigenvalue weighted by Crippen LogP contribution is 2.17. The molecule has 2 N–H and O–H groups in total. The molecule has 1 aromatic carbocycles. The maximum absolute atomic E-state index is 4.64. The average molecular weight is 228 g/mol. The van der Waals surface area contributed by atoms with Crippen LogP contribution in [-0.2, 0) is 0 Å². The lowest BCUT2D eigenvalue weighted by Gasteiger charge is -2.14. The van der Waals surface area contributed by atoms with Gasteiger partial charge in [0.05, 0.1) is 16.7 Å². The number of hydrogen-bond donors (Lipinski definition) is 2. The van der Waals surface area contributed by atoms with Crippen LogP contribution in [0.2, 0.25) is 0 Å². The maximum atomic E-state index is 4.64. The Morgan fingerprint density at radius 1 is 1.24 bits per heavy atom. The van der Waals surface area contributed by atoms with Crippen molar-refractivity contribution >= 4 is 16.9 Å². The lowest BCUT2D eigenvalue weighted by Crippen LogP contribution is -2.23. The van der Waals surface area contributed by atoms with Crippen molar-refractivity contribution in [1.29, 1.82) is 0 Å². The Labute approximate surface area is 100 Å². The Bertz CT molecular complexity index is 532. The number of anilines is 1. The third-order valence-electron chi connectivity index (χ3n) is 3.15. The molecule has 1 aliphatic heterocycles. The van der Waals surface area contributed by atoms with Gasteiger partial charge < -0.3 is 10.6 Å². The van der Waals surface area contributed by atoms with Crippen LogP contribution < -0.4 is 10.6 Å². The Balaban J connectivity index is 1.95. The van der Waals surface area contributed by atoms with E-state index in [2.05, 4.69) is 20.6 Å². The molecule has 0 saturated carbocycles. The SMILES string of the molecule is Cc1nc2ccccc2nc1NC1CCNC1. The lowest BCUT2D eigenvalue weighted by atomic mass is 10.2. The summed E-state index contributed by atoms with van der Waals surface area (Å²) in [5.74, 6) is 0.914. The van der Waals surface area contributed by atoms with E-state index >= 15 is 0 Å². The van der Waals surface area contributed by atoms with Crippen LogP contribution in [0, 0.1) is 6.92 Å². The summed E-state index contributed by atoms with van der Waals surface area (Å²) in [6.45, 7) is 4.09. The Kier molecular flexibility index (Phi) is 2.65. The molecule has 2 heterocycles. The third kappa shape index (κ3) is 2.08. The third-order valence-corrected chi connectivity index (χ3v) is 3.15. The fourth-order valence-electron chi connectivity index (χ4n) is 2.20. The minimum absolute atomic E-state index is 0.476. The lowest BCUT2D eigenvalue weighted by molar-refractivity contribution is 0.786. The molecule has 0 bridgehead atoms. The second-order valence-corrected chi connectivity index (χ2v) is 4.48. The molecule has 0 spiro atoms. The quantitative estimate of drug-likeness (QED) is 0.821. The normalized spacial score (nSPS) is 19.7. The highest BCUT2D eigenvalue weighted by atomic mass is 15.1. The van der Waals surface area contributed by atoms with E-state index in [0.29, 0.717) is 6.04 Å². The zero-order valence-corrected chi connectivity index (χ0v) is 9.90. The molecule has 0 amide bonds. The molecule has 2 aromatic rings. The Morgan fingerprint density at radius 2 is 2.00 bits per heavy atom. The molecular weight excluding hydrogens is 212 g/mol. The van der Waals surface area contributed by atoms with E-state index in [1.807, 2.05) is 31.2 Å². The number of para-hydroxylation sites is 2. The van der Waals surface area contributed by atoms with E-state index in [1.54, 1.807) is 0 Å². The number of fused-ring (bicyclic) bond motifs is 1. The van der Waals surface area contributed by atoms with E-state index < -0.39 is 0 Å². The number of benzene rings is 1. The van der Waals surface area contributed by atoms with Crippen molar-refractivity contribution in [3.05, 3.63) is 30.0 Å². The van der Waals surface area contributed by atoms with Crippen molar-refractivity contribution in [3.8, 4) is 0 Å². The number of aromatic nitrogens is 2. The summed E-state index contributed by atoms with van der Waals surface area (Å²) in [6, 6.07) is 8.46. The van der Waals surface area contributed by atoms with Crippen molar-refractivity contribution in [2.75, 3.05) is 18.4 Å². The van der Waals surface area contributed by atoms with Crippen LogP contribution in [-0.4, -0.2) is 29.1 Å². The van der Waals surface area contributed by atoms with Gasteiger partial charge in [0, 0.05) is 12.6 Å². The molecule has 1 unspecified atom stereocenters. The highest BCUT2D eigenvalue weighted by molar-refractivity contribution is 5.76. The molecule has 3 rings (SSSR count). The van der Waals surface area contributed by atoms with E-state index in [0.717, 1.165) is 42.1 Å². The Hall–Kier alpha value is -1.68. The fourth-order valence-corrected chi connectivity index (χ4v) is 2.20. The summed E-state index contributed by atoms with van der Waals surface area (Å²) in [7, 11) is 0. The molecule has 0 aliphatic carbocycles. The van der Waals surface area contributed by atoms with Crippen molar-refractivity contribution < 1.29 is 0 Å². The first kappa shape index (κ1) is 10.5. The van der Waals surface area contributed by atoms with Gasteiger partial charge in [0.15, 0.2) is 0 Å². The predicted molar refractivity (Wildman–Crippen MR) is 69.2 cm³/mol. The molecule has 1 aromatic heterocycles. The van der Waals surface area contributed by atoms with Gasteiger partial charge in [-0.2, -0.15) is 0 Å². The van der Waals surface area contributed by atoms with Crippen molar-refractivity contribution in [2.45, 2.75) is 19.4 Å². The van der Waals surface area contributed by atoms with Gasteiger partial charge in [-0.15, -0.1) is 0 Å². The largest absolute Gasteiger partial charge is 0.364 e. The number of aryl methyl sites for hydroxylation is 1. The molecule has 1 atom stereocenters. The van der Waals surface area contributed by atoms with Crippen LogP contribution in [0.4, 0.5) is 5.82 Å². The first-order valence-corrected chi connectivity index (χ1v) is 6.03. The molecule has 17 heavy (non-hydrogen) atoms. The molecule has 88 valence electrons. The predicted octanol–water partition coefficient (Wildman–Crippen LogP) is 1.71. The van der Waals surface area contributed by atoms with Crippen LogP contribution in [0.15, 0.2) is 24.3 Å². The summed E-state index contributed by atoms with van der Waals surface area (Å²) in [4.78, 5) is 9.21. The molecule has 1 aliphatic rings. The van der Waals surface area contributed by atoms with Crippen molar-refractivity contribution in [1.82, 2.24) is 15.3 Å². The number of rotatable bonds is 2. The number of hydrogen-bond acceptors (Lipinski definition) is 4. The average Bonchev–Trinajstić information content (AvgIpc) is 2.83. The van der Waals surface area contributed by atoms with Crippen LogP contribution >= 0.6 is 0 Å². The van der Waals surface area contributed by atoms with Crippen LogP contribution in [0.5, 0.6) is 0 Å². The van der Waals surface area contributed by atoms with E-state index in [1.165, 1.54) is 0 Å². The first-order chi connectivity index (χ1) is 8.33. The van der Waals surface area contributed by atoms with Gasteiger partial charge in [-0.3, -0.25) is 0 Å². The van der Waals surface area contributed by atoms with Crippen LogP contribution in [0.25, 0.3) is 11.0 Å². The molecule has 1 fully saturated rings. The van der Waals surface area contributed by atoms with Gasteiger partial charge in [-0.1, -0.05) is 12.1 Å². The van der Waals surface area contributed by atoms with Gasteiger partial charge in [0.2, 0.25) is 0 Å². The van der Waals surface area contributed by atoms with Crippen molar-refractivity contribution in [3.63, 3.8) is 0 Å². The minimum Gasteiger partial charge on any atom is -0.364 e. The van der Waals surface area contributed by atoms with E-state index in [-0.39, 0.29) is 0 Å². The van der Waals surface area contributed by atoms with Crippen molar-refractivity contribution in [2.24, 2.45) is 0 Å². The van der Waals surface area contributed by atoms with Crippen LogP contribution in [0.1, 0.15) is 12.1 Å². The monoisotopic (exact) mass is 228 g/mol. The fraction of sp³-hybridized carbons (Fsp3) is 0.385. The standard InChI is InChI=1S/C13H16N4/c1-9-13(16-10-6-7-14-8-10)17-12-5-3-2-4-11(12)15-9/h2-5,10,14H,6-8H2,1H3,(H,16,17). The summed E-state index contributed by atoms with van der Waals surface area (Å²) in [6.07, 6.45) is 1.15. The summed E-state index contributed by atoms with van der Waals surface area (Å²) in [5, 5.41) is 6.80. The number of nitrogens with zero attached hydrogens (tertiary/aromatic N) is 2. The maximum Gasteiger partial charge on any atom is 0.148 e. The summed E-state index contributed by atoms with van der Waals surface area (Å²) < 4.78 is 0. The zero-order chi connectivity index (χ0) is 11.7. The van der Waals surface area contributed by atoms with Gasteiger partial charge >= 0.3 is 0 Å². The molecular formula is C13H16N4. The molecule has 4 nitrogen and oxygen atoms in total.